The van der Waals surface area contributed by atoms with Crippen molar-refractivity contribution >= 4 is 12.1 Å². The number of carbonyl (C=O) groups is 1. The summed E-state index contributed by atoms with van der Waals surface area (Å²) in [7, 11) is 0. The number of pyridine rings is 1. The number of aryl methyl sites for hydroxylation is 1. The van der Waals surface area contributed by atoms with Gasteiger partial charge in [0.15, 0.2) is 18.5 Å². The van der Waals surface area contributed by atoms with Gasteiger partial charge in [0.2, 0.25) is 0 Å². The number of nitrogens with zero attached hydrogens (tertiary/aromatic N) is 4. The first-order valence-corrected chi connectivity index (χ1v) is 10.7. The molecule has 0 saturated heterocycles. The third kappa shape index (κ3) is 3.77. The minimum Gasteiger partial charge on any atom is -0.373 e. The first kappa shape index (κ1) is 19.6. The zero-order valence-electron chi connectivity index (χ0n) is 17.5. The van der Waals surface area contributed by atoms with Gasteiger partial charge >= 0.3 is 5.91 Å². The van der Waals surface area contributed by atoms with E-state index in [0.29, 0.717) is 31.1 Å². The van der Waals surface area contributed by atoms with Gasteiger partial charge in [0, 0.05) is 6.20 Å². The Morgan fingerprint density at radius 3 is 2.71 bits per heavy atom. The molecule has 3 aromatic rings. The molecule has 1 aliphatic carbocycles. The Morgan fingerprint density at radius 2 is 2.00 bits per heavy atom. The number of rotatable bonds is 5. The highest BCUT2D eigenvalue weighted by molar-refractivity contribution is 5.89. The van der Waals surface area contributed by atoms with Gasteiger partial charge in [0.25, 0.3) is 5.56 Å². The second kappa shape index (κ2) is 8.07. The summed E-state index contributed by atoms with van der Waals surface area (Å²) in [6.07, 6.45) is 7.57. The van der Waals surface area contributed by atoms with E-state index in [1.807, 2.05) is 31.3 Å². The van der Waals surface area contributed by atoms with Gasteiger partial charge in [-0.05, 0) is 37.5 Å². The van der Waals surface area contributed by atoms with Gasteiger partial charge < -0.3 is 9.30 Å². The van der Waals surface area contributed by atoms with E-state index in [9.17, 15) is 9.59 Å². The Balaban J connectivity index is 1.32. The van der Waals surface area contributed by atoms with E-state index in [-0.39, 0.29) is 23.5 Å². The van der Waals surface area contributed by atoms with Crippen molar-refractivity contribution in [2.75, 3.05) is 6.54 Å². The molecule has 3 heterocycles. The third-order valence-corrected chi connectivity index (χ3v) is 6.13. The van der Waals surface area contributed by atoms with Gasteiger partial charge in [0.1, 0.15) is 5.69 Å². The standard InChI is InChI=1S/C24H25N4O3/c1-17-13-27(16-25-17)20-8-9-21-23(29)26(11-12-28(21)24(20)30)14-19-7-10-22(19)31-15-18-5-3-2-4-6-18/h2-6,8-9,13-14,16,19,22H,7,10-12,15H2,1H3/q+1. The van der Waals surface area contributed by atoms with Crippen molar-refractivity contribution in [3.63, 3.8) is 0 Å². The molecule has 0 spiro atoms. The summed E-state index contributed by atoms with van der Waals surface area (Å²) in [5.41, 5.74) is 2.75. The molecule has 0 N–H and O–H groups in total. The third-order valence-electron chi connectivity index (χ3n) is 6.13. The van der Waals surface area contributed by atoms with Gasteiger partial charge in [0.05, 0.1) is 37.2 Å². The van der Waals surface area contributed by atoms with E-state index in [0.717, 1.165) is 24.1 Å². The number of aromatic nitrogens is 3. The van der Waals surface area contributed by atoms with Crippen LogP contribution in [0.3, 0.4) is 0 Å². The fourth-order valence-electron chi connectivity index (χ4n) is 4.20. The van der Waals surface area contributed by atoms with Crippen LogP contribution in [0.15, 0.2) is 59.8 Å². The van der Waals surface area contributed by atoms with Crippen LogP contribution in [-0.2, 0) is 17.9 Å². The quantitative estimate of drug-likeness (QED) is 0.599. The topological polar surface area (TPSA) is 69.1 Å². The van der Waals surface area contributed by atoms with E-state index in [1.54, 1.807) is 38.4 Å². The highest BCUT2D eigenvalue weighted by Gasteiger charge is 2.37. The molecular weight excluding hydrogens is 392 g/mol. The lowest BCUT2D eigenvalue weighted by Gasteiger charge is -2.32. The molecule has 1 amide bonds. The van der Waals surface area contributed by atoms with E-state index >= 15 is 0 Å². The molecule has 158 valence electrons. The van der Waals surface area contributed by atoms with Gasteiger partial charge in [-0.25, -0.2) is 9.78 Å². The number of fused-ring (bicyclic) bond motifs is 1. The lowest BCUT2D eigenvalue weighted by Crippen LogP contribution is -2.44. The lowest BCUT2D eigenvalue weighted by molar-refractivity contribution is -0.434. The first-order valence-electron chi connectivity index (χ1n) is 10.7. The van der Waals surface area contributed by atoms with Gasteiger partial charge in [-0.2, -0.15) is 4.58 Å². The Kier molecular flexibility index (Phi) is 5.11. The maximum absolute atomic E-state index is 13.1. The normalized spacial score (nSPS) is 21.7. The van der Waals surface area contributed by atoms with E-state index < -0.39 is 0 Å². The van der Waals surface area contributed by atoms with Crippen molar-refractivity contribution in [3.05, 3.63) is 82.3 Å². The zero-order chi connectivity index (χ0) is 21.4. The number of ether oxygens (including phenoxy) is 1. The Morgan fingerprint density at radius 1 is 1.16 bits per heavy atom. The number of carbonyl (C=O) groups excluding carboxylic acids is 1. The van der Waals surface area contributed by atoms with Crippen molar-refractivity contribution in [1.29, 1.82) is 0 Å². The van der Waals surface area contributed by atoms with Crippen LogP contribution in [0.2, 0.25) is 0 Å². The molecule has 7 nitrogen and oxygen atoms in total. The highest BCUT2D eigenvalue weighted by atomic mass is 16.5. The highest BCUT2D eigenvalue weighted by Crippen LogP contribution is 2.30. The van der Waals surface area contributed by atoms with Crippen LogP contribution in [-0.4, -0.2) is 43.5 Å². The molecular formula is C24H25N4O3+. The van der Waals surface area contributed by atoms with Crippen LogP contribution in [0, 0.1) is 12.8 Å². The second-order valence-corrected chi connectivity index (χ2v) is 8.21. The first-order chi connectivity index (χ1) is 15.1. The SMILES string of the molecule is Cc1cn(-c2ccc3n(c2=O)CC[N+](=CC2CCC2OCc2ccccc2)C3=O)cn1. The summed E-state index contributed by atoms with van der Waals surface area (Å²) < 4.78 is 11.1. The number of hydrogen-bond acceptors (Lipinski definition) is 4. The minimum absolute atomic E-state index is 0.129. The Bertz CT molecular complexity index is 1210. The summed E-state index contributed by atoms with van der Waals surface area (Å²) >= 11 is 0. The molecule has 1 fully saturated rings. The van der Waals surface area contributed by atoms with Gasteiger partial charge in [-0.15, -0.1) is 0 Å². The predicted molar refractivity (Wildman–Crippen MR) is 116 cm³/mol. The van der Waals surface area contributed by atoms with Gasteiger partial charge in [-0.1, -0.05) is 30.3 Å². The average Bonchev–Trinajstić information content (AvgIpc) is 3.20. The summed E-state index contributed by atoms with van der Waals surface area (Å²) in [5.74, 6) is 0.0875. The van der Waals surface area contributed by atoms with Crippen LogP contribution in [0.4, 0.5) is 0 Å². The Hall–Kier alpha value is -3.32. The van der Waals surface area contributed by atoms with E-state index in [4.69, 9.17) is 4.74 Å². The van der Waals surface area contributed by atoms with Crippen LogP contribution in [0.5, 0.6) is 0 Å². The molecule has 31 heavy (non-hydrogen) atoms. The molecule has 0 bridgehead atoms. The maximum atomic E-state index is 13.1. The fraction of sp³-hybridized carbons (Fsp3) is 0.333. The molecule has 7 heteroatoms. The number of imidazole rings is 1. The van der Waals surface area contributed by atoms with Crippen molar-refractivity contribution in [3.8, 4) is 5.69 Å². The van der Waals surface area contributed by atoms with Crippen LogP contribution >= 0.6 is 0 Å². The molecule has 1 aromatic carbocycles. The smallest absolute Gasteiger partial charge is 0.373 e. The molecule has 5 rings (SSSR count). The zero-order valence-corrected chi connectivity index (χ0v) is 17.5. The van der Waals surface area contributed by atoms with E-state index in [2.05, 4.69) is 17.1 Å². The van der Waals surface area contributed by atoms with Crippen molar-refractivity contribution in [2.45, 2.75) is 39.0 Å². The monoisotopic (exact) mass is 417 g/mol. The van der Waals surface area contributed by atoms with Crippen LogP contribution < -0.4 is 5.56 Å². The molecule has 2 unspecified atom stereocenters. The fourth-order valence-corrected chi connectivity index (χ4v) is 4.20. The van der Waals surface area contributed by atoms with Crippen molar-refractivity contribution < 1.29 is 14.1 Å². The molecule has 2 aromatic heterocycles. The summed E-state index contributed by atoms with van der Waals surface area (Å²) in [6.45, 7) is 3.42. The summed E-state index contributed by atoms with van der Waals surface area (Å²) in [4.78, 5) is 30.2. The van der Waals surface area contributed by atoms with Gasteiger partial charge in [-0.3, -0.25) is 9.36 Å². The molecule has 2 atom stereocenters. The van der Waals surface area contributed by atoms with E-state index in [1.165, 1.54) is 0 Å². The molecule has 1 saturated carbocycles. The maximum Gasteiger partial charge on any atom is 0.435 e. The number of benzene rings is 1. The second-order valence-electron chi connectivity index (χ2n) is 8.21. The number of amides is 1. The Labute approximate surface area is 180 Å². The molecule has 1 aliphatic heterocycles. The van der Waals surface area contributed by atoms with Crippen molar-refractivity contribution in [1.82, 2.24) is 14.1 Å². The minimum atomic E-state index is -0.171. The van der Waals surface area contributed by atoms with Crippen molar-refractivity contribution in [2.24, 2.45) is 5.92 Å². The predicted octanol–water partition coefficient (Wildman–Crippen LogP) is 2.57. The summed E-state index contributed by atoms with van der Waals surface area (Å²) in [6, 6.07) is 13.6. The van der Waals surface area contributed by atoms with Crippen LogP contribution in [0.25, 0.3) is 5.69 Å². The van der Waals surface area contributed by atoms with Crippen LogP contribution in [0.1, 0.15) is 34.6 Å². The number of hydrogen-bond donors (Lipinski definition) is 0. The largest absolute Gasteiger partial charge is 0.435 e. The average molecular weight is 417 g/mol. The molecule has 2 aliphatic rings. The molecule has 0 radical (unpaired) electrons. The lowest BCUT2D eigenvalue weighted by atomic mass is 9.82. The summed E-state index contributed by atoms with van der Waals surface area (Å²) in [5, 5.41) is 0.